The van der Waals surface area contributed by atoms with Crippen LogP contribution in [0, 0.1) is 0 Å². The second-order valence-corrected chi connectivity index (χ2v) is 4.04. The molecule has 0 spiro atoms. The first kappa shape index (κ1) is 11.9. The van der Waals surface area contributed by atoms with Gasteiger partial charge in [0.05, 0.1) is 6.54 Å². The highest BCUT2D eigenvalue weighted by Crippen LogP contribution is 2.11. The van der Waals surface area contributed by atoms with Gasteiger partial charge in [-0.15, -0.1) is 0 Å². The third-order valence-corrected chi connectivity index (χ3v) is 2.52. The summed E-state index contributed by atoms with van der Waals surface area (Å²) in [6.07, 6.45) is 3.71. The van der Waals surface area contributed by atoms with Gasteiger partial charge in [0.2, 0.25) is 0 Å². The van der Waals surface area contributed by atoms with E-state index in [2.05, 4.69) is 17.2 Å². The van der Waals surface area contributed by atoms with Crippen molar-refractivity contribution in [2.45, 2.75) is 26.3 Å². The molecule has 3 heteroatoms. The first-order valence-electron chi connectivity index (χ1n) is 6.06. The van der Waals surface area contributed by atoms with E-state index in [1.807, 2.05) is 36.5 Å². The molecule has 0 unspecified atom stereocenters. The Morgan fingerprint density at radius 1 is 1.18 bits per heavy atom. The number of aromatic nitrogens is 1. The van der Waals surface area contributed by atoms with Crippen LogP contribution in [0.5, 0.6) is 0 Å². The lowest BCUT2D eigenvalue weighted by atomic mass is 10.2. The Kier molecular flexibility index (Phi) is 4.33. The van der Waals surface area contributed by atoms with Gasteiger partial charge in [0.15, 0.2) is 0 Å². The summed E-state index contributed by atoms with van der Waals surface area (Å²) < 4.78 is 5.73. The summed E-state index contributed by atoms with van der Waals surface area (Å²) >= 11 is 0. The molecule has 2 heterocycles. The molecule has 0 saturated heterocycles. The molecule has 17 heavy (non-hydrogen) atoms. The van der Waals surface area contributed by atoms with Crippen LogP contribution in [-0.2, 0) is 13.0 Å². The summed E-state index contributed by atoms with van der Waals surface area (Å²) in [4.78, 5) is 4.28. The zero-order valence-electron chi connectivity index (χ0n) is 10.1. The largest absolute Gasteiger partial charge is 0.464 e. The molecule has 0 saturated carbocycles. The second-order valence-electron chi connectivity index (χ2n) is 4.04. The van der Waals surface area contributed by atoms with Gasteiger partial charge in [-0.05, 0) is 37.2 Å². The van der Waals surface area contributed by atoms with Crippen molar-refractivity contribution in [3.63, 3.8) is 0 Å². The number of hydrogen-bond donors (Lipinski definition) is 1. The maximum Gasteiger partial charge on any atom is 0.117 e. The van der Waals surface area contributed by atoms with Crippen molar-refractivity contribution in [2.24, 2.45) is 0 Å². The van der Waals surface area contributed by atoms with Crippen molar-refractivity contribution in [2.75, 3.05) is 6.54 Å². The molecule has 0 amide bonds. The zero-order chi connectivity index (χ0) is 11.9. The van der Waals surface area contributed by atoms with Crippen molar-refractivity contribution in [1.82, 2.24) is 10.3 Å². The van der Waals surface area contributed by atoms with Gasteiger partial charge in [0, 0.05) is 18.3 Å². The molecule has 0 fully saturated rings. The number of hydrogen-bond acceptors (Lipinski definition) is 3. The van der Waals surface area contributed by atoms with E-state index < -0.39 is 0 Å². The van der Waals surface area contributed by atoms with Crippen LogP contribution in [-0.4, -0.2) is 11.5 Å². The van der Waals surface area contributed by atoms with Crippen molar-refractivity contribution in [3.8, 4) is 0 Å². The molecule has 0 radical (unpaired) electrons. The van der Waals surface area contributed by atoms with Gasteiger partial charge >= 0.3 is 0 Å². The maximum atomic E-state index is 5.73. The fourth-order valence-corrected chi connectivity index (χ4v) is 1.68. The number of furan rings is 1. The van der Waals surface area contributed by atoms with Crippen LogP contribution in [0.25, 0.3) is 0 Å². The molecule has 2 aromatic heterocycles. The van der Waals surface area contributed by atoms with E-state index in [0.717, 1.165) is 43.1 Å². The first-order chi connectivity index (χ1) is 8.38. The smallest absolute Gasteiger partial charge is 0.117 e. The fourth-order valence-electron chi connectivity index (χ4n) is 1.68. The maximum absolute atomic E-state index is 5.73. The summed E-state index contributed by atoms with van der Waals surface area (Å²) in [6, 6.07) is 9.98. The summed E-state index contributed by atoms with van der Waals surface area (Å²) in [7, 11) is 0. The van der Waals surface area contributed by atoms with Crippen molar-refractivity contribution in [3.05, 3.63) is 53.7 Å². The molecule has 0 aromatic carbocycles. The Morgan fingerprint density at radius 3 is 2.82 bits per heavy atom. The molecule has 0 atom stereocenters. The van der Waals surface area contributed by atoms with Crippen LogP contribution in [0.15, 0.2) is 40.9 Å². The second kappa shape index (κ2) is 6.21. The van der Waals surface area contributed by atoms with E-state index >= 15 is 0 Å². The Labute approximate surface area is 102 Å². The van der Waals surface area contributed by atoms with Gasteiger partial charge in [-0.2, -0.15) is 0 Å². The third kappa shape index (κ3) is 3.71. The lowest BCUT2D eigenvalue weighted by Gasteiger charge is -1.99. The van der Waals surface area contributed by atoms with Crippen LogP contribution < -0.4 is 5.32 Å². The van der Waals surface area contributed by atoms with Crippen molar-refractivity contribution in [1.29, 1.82) is 0 Å². The normalized spacial score (nSPS) is 10.6. The first-order valence-corrected chi connectivity index (χ1v) is 6.06. The topological polar surface area (TPSA) is 38.1 Å². The van der Waals surface area contributed by atoms with Crippen LogP contribution in [0.2, 0.25) is 0 Å². The molecular formula is C14H18N2O. The van der Waals surface area contributed by atoms with Crippen molar-refractivity contribution >= 4 is 0 Å². The number of nitrogens with one attached hydrogen (secondary N) is 1. The molecule has 0 aliphatic heterocycles. The summed E-state index contributed by atoms with van der Waals surface area (Å²) in [5.41, 5.74) is 1.04. The summed E-state index contributed by atoms with van der Waals surface area (Å²) in [6.45, 7) is 3.98. The van der Waals surface area contributed by atoms with E-state index in [0.29, 0.717) is 0 Å². The summed E-state index contributed by atoms with van der Waals surface area (Å²) in [5.74, 6) is 1.96. The molecule has 3 nitrogen and oxygen atoms in total. The highest BCUT2D eigenvalue weighted by Gasteiger charge is 2.03. The van der Waals surface area contributed by atoms with E-state index in [1.165, 1.54) is 0 Å². The molecule has 1 N–H and O–H groups in total. The molecular weight excluding hydrogens is 212 g/mol. The van der Waals surface area contributed by atoms with Crippen LogP contribution in [0.4, 0.5) is 0 Å². The SMILES string of the molecule is CCCNCc1ccc(Cc2ccccn2)o1. The van der Waals surface area contributed by atoms with Crippen LogP contribution >= 0.6 is 0 Å². The van der Waals surface area contributed by atoms with Crippen molar-refractivity contribution < 1.29 is 4.42 Å². The number of rotatable bonds is 6. The highest BCUT2D eigenvalue weighted by atomic mass is 16.3. The Hall–Kier alpha value is -1.61. The van der Waals surface area contributed by atoms with Gasteiger partial charge in [-0.25, -0.2) is 0 Å². The zero-order valence-corrected chi connectivity index (χ0v) is 10.1. The third-order valence-electron chi connectivity index (χ3n) is 2.52. The average molecular weight is 230 g/mol. The van der Waals surface area contributed by atoms with Gasteiger partial charge in [-0.1, -0.05) is 13.0 Å². The molecule has 90 valence electrons. The Bertz CT molecular complexity index is 436. The van der Waals surface area contributed by atoms with E-state index in [-0.39, 0.29) is 0 Å². The Balaban J connectivity index is 1.90. The molecule has 2 aromatic rings. The lowest BCUT2D eigenvalue weighted by Crippen LogP contribution is -2.13. The van der Waals surface area contributed by atoms with Gasteiger partial charge in [0.25, 0.3) is 0 Å². The predicted molar refractivity (Wildman–Crippen MR) is 67.7 cm³/mol. The molecule has 2 rings (SSSR count). The summed E-state index contributed by atoms with van der Waals surface area (Å²) in [5, 5.41) is 3.32. The van der Waals surface area contributed by atoms with Gasteiger partial charge in [0.1, 0.15) is 11.5 Å². The monoisotopic (exact) mass is 230 g/mol. The van der Waals surface area contributed by atoms with Gasteiger partial charge < -0.3 is 9.73 Å². The highest BCUT2D eigenvalue weighted by molar-refractivity contribution is 5.15. The lowest BCUT2D eigenvalue weighted by molar-refractivity contribution is 0.453. The number of nitrogens with zero attached hydrogens (tertiary/aromatic N) is 1. The quantitative estimate of drug-likeness (QED) is 0.775. The fraction of sp³-hybridized carbons (Fsp3) is 0.357. The predicted octanol–water partition coefficient (Wildman–Crippen LogP) is 2.77. The molecule has 0 aliphatic carbocycles. The minimum absolute atomic E-state index is 0.759. The molecule has 0 bridgehead atoms. The number of pyridine rings is 1. The van der Waals surface area contributed by atoms with Crippen LogP contribution in [0.1, 0.15) is 30.6 Å². The Morgan fingerprint density at radius 2 is 2.06 bits per heavy atom. The molecule has 0 aliphatic rings. The van der Waals surface area contributed by atoms with E-state index in [1.54, 1.807) is 0 Å². The minimum atomic E-state index is 0.759. The van der Waals surface area contributed by atoms with Crippen LogP contribution in [0.3, 0.4) is 0 Å². The van der Waals surface area contributed by atoms with Gasteiger partial charge in [-0.3, -0.25) is 4.98 Å². The van der Waals surface area contributed by atoms with E-state index in [9.17, 15) is 0 Å². The standard InChI is InChI=1S/C14H18N2O/c1-2-8-15-11-14-7-6-13(17-14)10-12-5-3-4-9-16-12/h3-7,9,15H,2,8,10-11H2,1H3. The average Bonchev–Trinajstić information content (AvgIpc) is 2.79. The van der Waals surface area contributed by atoms with E-state index in [4.69, 9.17) is 4.42 Å². The minimum Gasteiger partial charge on any atom is -0.464 e.